The van der Waals surface area contributed by atoms with Crippen LogP contribution in [0.4, 0.5) is 0 Å². The van der Waals surface area contributed by atoms with Gasteiger partial charge < -0.3 is 14.0 Å². The Morgan fingerprint density at radius 2 is 2.00 bits per heavy atom. The zero-order valence-corrected chi connectivity index (χ0v) is 18.1. The predicted molar refractivity (Wildman–Crippen MR) is 112 cm³/mol. The number of imidazole rings is 1. The van der Waals surface area contributed by atoms with Gasteiger partial charge in [0.05, 0.1) is 29.7 Å². The topological polar surface area (TPSA) is 127 Å². The van der Waals surface area contributed by atoms with Gasteiger partial charge in [-0.3, -0.25) is 4.79 Å². The lowest BCUT2D eigenvalue weighted by atomic mass is 10.2. The summed E-state index contributed by atoms with van der Waals surface area (Å²) in [5.41, 5.74) is 4.23. The highest BCUT2D eigenvalue weighted by Crippen LogP contribution is 2.34. The van der Waals surface area contributed by atoms with Crippen LogP contribution in [-0.4, -0.2) is 34.5 Å². The van der Waals surface area contributed by atoms with Crippen molar-refractivity contribution >= 4 is 33.5 Å². The second-order valence-corrected chi connectivity index (χ2v) is 9.46. The number of nitrogens with one attached hydrogen (secondary N) is 1. The maximum atomic E-state index is 12.7. The minimum absolute atomic E-state index is 0.158. The first kappa shape index (κ1) is 21.7. The van der Waals surface area contributed by atoms with E-state index in [0.717, 1.165) is 33.0 Å². The third kappa shape index (κ3) is 4.27. The number of hydrogen-bond donors (Lipinski definition) is 2. The summed E-state index contributed by atoms with van der Waals surface area (Å²) in [6.45, 7) is 5.53. The van der Waals surface area contributed by atoms with E-state index < -0.39 is 10.0 Å². The molecule has 2 N–H and O–H groups in total. The summed E-state index contributed by atoms with van der Waals surface area (Å²) in [6, 6.07) is 7.27. The van der Waals surface area contributed by atoms with Crippen molar-refractivity contribution in [3.63, 3.8) is 0 Å². The van der Waals surface area contributed by atoms with Gasteiger partial charge in [0.25, 0.3) is 6.47 Å². The first-order chi connectivity index (χ1) is 14.3. The average molecular weight is 449 g/mol. The number of rotatable bonds is 5. The highest BCUT2D eigenvalue weighted by Gasteiger charge is 2.20. The molecule has 0 saturated heterocycles. The van der Waals surface area contributed by atoms with Crippen LogP contribution >= 0.6 is 11.3 Å². The Labute approximate surface area is 177 Å². The minimum atomic E-state index is -3.63. The van der Waals surface area contributed by atoms with E-state index in [9.17, 15) is 8.42 Å². The fourth-order valence-corrected chi connectivity index (χ4v) is 5.50. The van der Waals surface area contributed by atoms with Gasteiger partial charge >= 0.3 is 0 Å². The summed E-state index contributed by atoms with van der Waals surface area (Å²) in [4.78, 5) is 13.5. The molecule has 4 heterocycles. The van der Waals surface area contributed by atoms with Gasteiger partial charge in [0.15, 0.2) is 0 Å². The van der Waals surface area contributed by atoms with E-state index in [-0.39, 0.29) is 17.2 Å². The Morgan fingerprint density at radius 1 is 1.27 bits per heavy atom. The SMILES string of the molecule is Cc1noc(C)c1-c1ccc(S(=O)(=O)NCc2cnc3c(C)cccn23)s1.O=CO. The standard InChI is InChI=1S/C18H18N4O3S2.CH2O2/c1-11-5-4-8-22-14(9-19-18(11)22)10-20-27(23,24)16-7-6-15(26-16)17-12(2)21-25-13(17)3;2-1-3/h4-9,20H,10H2,1-3H3;1H,(H,2,3). The zero-order valence-electron chi connectivity index (χ0n) is 16.5. The molecule has 11 heteroatoms. The minimum Gasteiger partial charge on any atom is -0.483 e. The Hall–Kier alpha value is -3.02. The molecule has 0 aliphatic rings. The van der Waals surface area contributed by atoms with E-state index in [1.165, 1.54) is 11.3 Å². The monoisotopic (exact) mass is 448 g/mol. The van der Waals surface area contributed by atoms with E-state index in [1.54, 1.807) is 18.3 Å². The van der Waals surface area contributed by atoms with Crippen molar-refractivity contribution in [2.45, 2.75) is 31.5 Å². The van der Waals surface area contributed by atoms with Gasteiger partial charge in [-0.1, -0.05) is 11.2 Å². The molecule has 0 fully saturated rings. The molecular weight excluding hydrogens is 428 g/mol. The van der Waals surface area contributed by atoms with Crippen molar-refractivity contribution in [1.82, 2.24) is 19.3 Å². The van der Waals surface area contributed by atoms with Crippen molar-refractivity contribution in [3.05, 3.63) is 59.4 Å². The van der Waals surface area contributed by atoms with Crippen LogP contribution in [0.3, 0.4) is 0 Å². The summed E-state index contributed by atoms with van der Waals surface area (Å²) >= 11 is 1.20. The Bertz CT molecular complexity index is 1270. The first-order valence-corrected chi connectivity index (χ1v) is 11.1. The molecule has 4 rings (SSSR count). The molecule has 0 spiro atoms. The van der Waals surface area contributed by atoms with Crippen LogP contribution in [0.5, 0.6) is 0 Å². The zero-order chi connectivity index (χ0) is 21.9. The second kappa shape index (κ2) is 8.78. The van der Waals surface area contributed by atoms with Crippen LogP contribution in [-0.2, 0) is 21.4 Å². The Morgan fingerprint density at radius 3 is 2.67 bits per heavy atom. The van der Waals surface area contributed by atoms with E-state index in [4.69, 9.17) is 14.4 Å². The molecule has 4 aromatic rings. The molecule has 0 aromatic carbocycles. The van der Waals surface area contributed by atoms with E-state index in [2.05, 4.69) is 14.9 Å². The molecule has 9 nitrogen and oxygen atoms in total. The average Bonchev–Trinajstić information content (AvgIpc) is 3.41. The number of nitrogens with zero attached hydrogens (tertiary/aromatic N) is 3. The van der Waals surface area contributed by atoms with Crippen molar-refractivity contribution in [2.75, 3.05) is 0 Å². The maximum absolute atomic E-state index is 12.7. The Balaban J connectivity index is 0.000000806. The third-order valence-corrected chi connectivity index (χ3v) is 7.37. The molecule has 0 amide bonds. The number of aromatic nitrogens is 3. The molecular formula is C19H20N4O5S2. The number of fused-ring (bicyclic) bond motifs is 1. The van der Waals surface area contributed by atoms with Crippen molar-refractivity contribution in [2.24, 2.45) is 0 Å². The smallest absolute Gasteiger partial charge is 0.290 e. The fourth-order valence-electron chi connectivity index (χ4n) is 3.01. The number of carbonyl (C=O) groups is 1. The highest BCUT2D eigenvalue weighted by molar-refractivity contribution is 7.91. The molecule has 0 unspecified atom stereocenters. The number of aryl methyl sites for hydroxylation is 3. The van der Waals surface area contributed by atoms with Crippen LogP contribution in [0.15, 0.2) is 45.4 Å². The van der Waals surface area contributed by atoms with Gasteiger partial charge in [0, 0.05) is 11.1 Å². The van der Waals surface area contributed by atoms with Crippen LogP contribution in [0.25, 0.3) is 16.1 Å². The number of hydrogen-bond acceptors (Lipinski definition) is 7. The number of thiophene rings is 1. The molecule has 158 valence electrons. The van der Waals surface area contributed by atoms with Gasteiger partial charge in [-0.05, 0) is 44.5 Å². The van der Waals surface area contributed by atoms with Gasteiger partial charge in [0.2, 0.25) is 10.0 Å². The van der Waals surface area contributed by atoms with Gasteiger partial charge in [-0.15, -0.1) is 11.3 Å². The maximum Gasteiger partial charge on any atom is 0.290 e. The van der Waals surface area contributed by atoms with E-state index in [0.29, 0.717) is 5.76 Å². The molecule has 0 saturated carbocycles. The molecule has 0 atom stereocenters. The molecule has 0 aliphatic carbocycles. The van der Waals surface area contributed by atoms with Crippen LogP contribution in [0.2, 0.25) is 0 Å². The largest absolute Gasteiger partial charge is 0.483 e. The van der Waals surface area contributed by atoms with Crippen LogP contribution in [0.1, 0.15) is 22.7 Å². The van der Waals surface area contributed by atoms with Crippen molar-refractivity contribution in [3.8, 4) is 10.4 Å². The fraction of sp³-hybridized carbons (Fsp3) is 0.211. The number of pyridine rings is 1. The molecule has 0 aliphatic heterocycles. The molecule has 0 radical (unpaired) electrons. The van der Waals surface area contributed by atoms with Crippen molar-refractivity contribution in [1.29, 1.82) is 0 Å². The first-order valence-electron chi connectivity index (χ1n) is 8.80. The lowest BCUT2D eigenvalue weighted by molar-refractivity contribution is -0.122. The Kier molecular flexibility index (Phi) is 6.34. The van der Waals surface area contributed by atoms with Gasteiger partial charge in [-0.2, -0.15) is 0 Å². The lowest BCUT2D eigenvalue weighted by Gasteiger charge is -2.05. The summed E-state index contributed by atoms with van der Waals surface area (Å²) < 4.78 is 35.4. The predicted octanol–water partition coefficient (Wildman–Crippen LogP) is 3.16. The summed E-state index contributed by atoms with van der Waals surface area (Å²) in [5, 5.41) is 10.8. The van der Waals surface area contributed by atoms with Crippen LogP contribution < -0.4 is 4.72 Å². The highest BCUT2D eigenvalue weighted by atomic mass is 32.2. The van der Waals surface area contributed by atoms with Gasteiger partial charge in [-0.25, -0.2) is 18.1 Å². The van der Waals surface area contributed by atoms with Gasteiger partial charge in [0.1, 0.15) is 15.6 Å². The number of carboxylic acid groups (broad SMARTS) is 1. The molecule has 0 bridgehead atoms. The summed E-state index contributed by atoms with van der Waals surface area (Å²) in [6.07, 6.45) is 3.56. The van der Waals surface area contributed by atoms with E-state index >= 15 is 0 Å². The lowest BCUT2D eigenvalue weighted by Crippen LogP contribution is -2.23. The molecule has 4 aromatic heterocycles. The summed E-state index contributed by atoms with van der Waals surface area (Å²) in [7, 11) is -3.63. The summed E-state index contributed by atoms with van der Waals surface area (Å²) in [5.74, 6) is 0.673. The number of sulfonamides is 1. The third-order valence-electron chi connectivity index (χ3n) is 4.38. The molecule has 30 heavy (non-hydrogen) atoms. The quantitative estimate of drug-likeness (QED) is 0.449. The normalized spacial score (nSPS) is 11.3. The second-order valence-electron chi connectivity index (χ2n) is 6.38. The van der Waals surface area contributed by atoms with Crippen molar-refractivity contribution < 1.29 is 22.8 Å². The van der Waals surface area contributed by atoms with Crippen LogP contribution in [0, 0.1) is 20.8 Å². The van der Waals surface area contributed by atoms with E-state index in [1.807, 2.05) is 43.5 Å².